The smallest absolute Gasteiger partial charge is 0.193 e. The van der Waals surface area contributed by atoms with E-state index in [-0.39, 0.29) is 35.8 Å². The molecule has 0 aromatic heterocycles. The van der Waals surface area contributed by atoms with Crippen LogP contribution in [0.4, 0.5) is 4.39 Å². The highest BCUT2D eigenvalue weighted by Gasteiger charge is 2.19. The van der Waals surface area contributed by atoms with Crippen molar-refractivity contribution in [2.75, 3.05) is 40.8 Å². The van der Waals surface area contributed by atoms with E-state index < -0.39 is 0 Å². The van der Waals surface area contributed by atoms with Gasteiger partial charge in [-0.05, 0) is 44.6 Å². The third-order valence-electron chi connectivity index (χ3n) is 3.95. The minimum Gasteiger partial charge on any atom is -0.354 e. The van der Waals surface area contributed by atoms with E-state index in [1.807, 2.05) is 33.3 Å². The van der Waals surface area contributed by atoms with Gasteiger partial charge in [0.05, 0.1) is 6.04 Å². The van der Waals surface area contributed by atoms with Crippen LogP contribution in [-0.4, -0.2) is 56.5 Å². The quantitative estimate of drug-likeness (QED) is 0.462. The molecule has 0 amide bonds. The number of nitrogens with zero attached hydrogens (tertiary/aromatic N) is 3. The van der Waals surface area contributed by atoms with Gasteiger partial charge in [-0.15, -0.1) is 24.0 Å². The molecule has 6 heteroatoms. The third kappa shape index (κ3) is 5.08. The monoisotopic (exact) mass is 420 g/mol. The molecule has 1 aliphatic rings. The fourth-order valence-electron chi connectivity index (χ4n) is 2.73. The lowest BCUT2D eigenvalue weighted by Crippen LogP contribution is -2.43. The summed E-state index contributed by atoms with van der Waals surface area (Å²) in [5, 5.41) is 3.45. The van der Waals surface area contributed by atoms with Crippen LogP contribution in [0.25, 0.3) is 0 Å². The van der Waals surface area contributed by atoms with E-state index in [4.69, 9.17) is 0 Å². The van der Waals surface area contributed by atoms with Crippen molar-refractivity contribution in [3.05, 3.63) is 35.6 Å². The molecule has 4 nitrogen and oxygen atoms in total. The summed E-state index contributed by atoms with van der Waals surface area (Å²) in [6, 6.07) is 6.91. The number of hydrogen-bond donors (Lipinski definition) is 1. The molecule has 0 bridgehead atoms. The first-order valence-electron chi connectivity index (χ1n) is 7.49. The second-order valence-corrected chi connectivity index (χ2v) is 5.65. The van der Waals surface area contributed by atoms with Crippen molar-refractivity contribution in [3.63, 3.8) is 0 Å². The average Bonchev–Trinajstić information content (AvgIpc) is 2.99. The van der Waals surface area contributed by atoms with Crippen molar-refractivity contribution in [2.24, 2.45) is 4.99 Å². The standard InChI is InChI=1S/C16H25FN4.HI/c1-18-16(21-10-4-5-11-21)19-12-15(20(2)3)13-6-8-14(17)9-7-13;/h6-9,15H,4-5,10-12H2,1-3H3,(H,18,19);1H. The third-order valence-corrected chi connectivity index (χ3v) is 3.95. The van der Waals surface area contributed by atoms with Gasteiger partial charge in [0.1, 0.15) is 5.82 Å². The highest BCUT2D eigenvalue weighted by atomic mass is 127. The van der Waals surface area contributed by atoms with Gasteiger partial charge in [-0.25, -0.2) is 4.39 Å². The molecule has 1 fully saturated rings. The number of aliphatic imine (C=N–C) groups is 1. The molecular formula is C16H26FIN4. The van der Waals surface area contributed by atoms with Gasteiger partial charge in [-0.2, -0.15) is 0 Å². The number of halogens is 2. The first-order valence-corrected chi connectivity index (χ1v) is 7.49. The van der Waals surface area contributed by atoms with E-state index in [9.17, 15) is 4.39 Å². The molecule has 1 atom stereocenters. The predicted octanol–water partition coefficient (Wildman–Crippen LogP) is 2.72. The maximum Gasteiger partial charge on any atom is 0.193 e. The van der Waals surface area contributed by atoms with Gasteiger partial charge in [-0.1, -0.05) is 12.1 Å². The molecule has 1 saturated heterocycles. The van der Waals surface area contributed by atoms with Crippen molar-refractivity contribution in [2.45, 2.75) is 18.9 Å². The maximum absolute atomic E-state index is 13.1. The Bertz CT molecular complexity index is 470. The van der Waals surface area contributed by atoms with E-state index in [1.165, 1.54) is 25.0 Å². The summed E-state index contributed by atoms with van der Waals surface area (Å²) in [6.45, 7) is 2.90. The second-order valence-electron chi connectivity index (χ2n) is 5.65. The molecule has 124 valence electrons. The van der Waals surface area contributed by atoms with Crippen molar-refractivity contribution < 1.29 is 4.39 Å². The molecule has 2 rings (SSSR count). The molecule has 0 radical (unpaired) electrons. The Hall–Kier alpha value is -0.890. The van der Waals surface area contributed by atoms with Crippen LogP contribution in [0, 0.1) is 5.82 Å². The number of hydrogen-bond acceptors (Lipinski definition) is 2. The maximum atomic E-state index is 13.1. The first kappa shape index (κ1) is 19.2. The molecule has 1 aliphatic heterocycles. The summed E-state index contributed by atoms with van der Waals surface area (Å²) in [4.78, 5) is 8.79. The van der Waals surface area contributed by atoms with Crippen LogP contribution in [0.1, 0.15) is 24.4 Å². The Balaban J connectivity index is 0.00000242. The van der Waals surface area contributed by atoms with Crippen LogP contribution in [0.2, 0.25) is 0 Å². The molecule has 22 heavy (non-hydrogen) atoms. The van der Waals surface area contributed by atoms with Crippen LogP contribution < -0.4 is 5.32 Å². The Kier molecular flexibility index (Phi) is 8.09. The second kappa shape index (κ2) is 9.29. The summed E-state index contributed by atoms with van der Waals surface area (Å²) in [7, 11) is 5.89. The average molecular weight is 420 g/mol. The molecule has 0 saturated carbocycles. The molecular weight excluding hydrogens is 394 g/mol. The Morgan fingerprint density at radius 2 is 1.86 bits per heavy atom. The zero-order valence-corrected chi connectivity index (χ0v) is 15.9. The van der Waals surface area contributed by atoms with Gasteiger partial charge in [0, 0.05) is 26.7 Å². The van der Waals surface area contributed by atoms with Crippen molar-refractivity contribution in [1.29, 1.82) is 0 Å². The van der Waals surface area contributed by atoms with E-state index in [1.54, 1.807) is 0 Å². The largest absolute Gasteiger partial charge is 0.354 e. The van der Waals surface area contributed by atoms with Crippen molar-refractivity contribution in [3.8, 4) is 0 Å². The SMILES string of the molecule is CN=C(NCC(c1ccc(F)cc1)N(C)C)N1CCCC1.I. The lowest BCUT2D eigenvalue weighted by atomic mass is 10.1. The van der Waals surface area contributed by atoms with E-state index >= 15 is 0 Å². The van der Waals surface area contributed by atoms with Crippen molar-refractivity contribution >= 4 is 29.9 Å². The number of benzene rings is 1. The Morgan fingerprint density at radius 3 is 2.36 bits per heavy atom. The lowest BCUT2D eigenvalue weighted by molar-refractivity contribution is 0.295. The van der Waals surface area contributed by atoms with Gasteiger partial charge in [0.2, 0.25) is 0 Å². The van der Waals surface area contributed by atoms with Crippen LogP contribution in [0.15, 0.2) is 29.3 Å². The minimum absolute atomic E-state index is 0. The van der Waals surface area contributed by atoms with Gasteiger partial charge < -0.3 is 15.1 Å². The summed E-state index contributed by atoms with van der Waals surface area (Å²) in [6.07, 6.45) is 2.46. The minimum atomic E-state index is -0.197. The number of rotatable bonds is 4. The fourth-order valence-corrected chi connectivity index (χ4v) is 2.73. The topological polar surface area (TPSA) is 30.9 Å². The molecule has 0 spiro atoms. The zero-order chi connectivity index (χ0) is 15.2. The molecule has 1 N–H and O–H groups in total. The normalized spacial score (nSPS) is 16.6. The molecule has 1 aromatic rings. The van der Waals surface area contributed by atoms with Gasteiger partial charge in [-0.3, -0.25) is 4.99 Å². The van der Waals surface area contributed by atoms with Crippen molar-refractivity contribution in [1.82, 2.24) is 15.1 Å². The lowest BCUT2D eigenvalue weighted by Gasteiger charge is -2.28. The number of guanidine groups is 1. The highest BCUT2D eigenvalue weighted by Crippen LogP contribution is 2.18. The van der Waals surface area contributed by atoms with Crippen LogP contribution in [0.5, 0.6) is 0 Å². The zero-order valence-electron chi connectivity index (χ0n) is 13.6. The number of likely N-dealkylation sites (N-methyl/N-ethyl adjacent to an activating group) is 1. The highest BCUT2D eigenvalue weighted by molar-refractivity contribution is 14.0. The molecule has 1 heterocycles. The molecule has 1 aromatic carbocycles. The fraction of sp³-hybridized carbons (Fsp3) is 0.562. The number of likely N-dealkylation sites (tertiary alicyclic amines) is 1. The Labute approximate surface area is 149 Å². The predicted molar refractivity (Wildman–Crippen MR) is 100 cm³/mol. The van der Waals surface area contributed by atoms with Crippen LogP contribution in [0.3, 0.4) is 0 Å². The van der Waals surface area contributed by atoms with Gasteiger partial charge in [0.15, 0.2) is 5.96 Å². The number of nitrogens with one attached hydrogen (secondary N) is 1. The summed E-state index contributed by atoms with van der Waals surface area (Å²) < 4.78 is 13.1. The van der Waals surface area contributed by atoms with Crippen LogP contribution >= 0.6 is 24.0 Å². The summed E-state index contributed by atoms with van der Waals surface area (Å²) in [5.41, 5.74) is 1.10. The molecule has 1 unspecified atom stereocenters. The van der Waals surface area contributed by atoms with Gasteiger partial charge >= 0.3 is 0 Å². The summed E-state index contributed by atoms with van der Waals surface area (Å²) in [5.74, 6) is 0.763. The van der Waals surface area contributed by atoms with Crippen LogP contribution in [-0.2, 0) is 0 Å². The Morgan fingerprint density at radius 1 is 1.27 bits per heavy atom. The molecule has 0 aliphatic carbocycles. The van der Waals surface area contributed by atoms with Gasteiger partial charge in [0.25, 0.3) is 0 Å². The van der Waals surface area contributed by atoms with E-state index in [0.717, 1.165) is 31.2 Å². The van der Waals surface area contributed by atoms with E-state index in [0.29, 0.717) is 0 Å². The van der Waals surface area contributed by atoms with E-state index in [2.05, 4.69) is 20.1 Å². The first-order chi connectivity index (χ1) is 10.1. The summed E-state index contributed by atoms with van der Waals surface area (Å²) >= 11 is 0.